The van der Waals surface area contributed by atoms with Crippen LogP contribution in [-0.4, -0.2) is 35.8 Å². The van der Waals surface area contributed by atoms with Crippen LogP contribution in [0, 0.1) is 0 Å². The zero-order valence-electron chi connectivity index (χ0n) is 14.4. The Morgan fingerprint density at radius 2 is 1.77 bits per heavy atom. The van der Waals surface area contributed by atoms with E-state index in [1.807, 2.05) is 0 Å². The lowest BCUT2D eigenvalue weighted by molar-refractivity contribution is -0.137. The standard InChI is InChI=1S/C19H21NO6/c1-25-15-8-9-17(21)16(11-15)19(24)20-12-13-4-6-14(7-5-13)26-10-2-3-18(22)23/h4-9,11,21H,2-3,10,12H2,1H3,(H,20,24)(H,22,23). The summed E-state index contributed by atoms with van der Waals surface area (Å²) in [6.45, 7) is 0.617. The first kappa shape index (κ1) is 19.1. The number of phenols is 1. The van der Waals surface area contributed by atoms with E-state index in [0.717, 1.165) is 5.56 Å². The average molecular weight is 359 g/mol. The molecule has 2 aromatic carbocycles. The van der Waals surface area contributed by atoms with Gasteiger partial charge in [0.25, 0.3) is 5.91 Å². The first-order valence-corrected chi connectivity index (χ1v) is 8.08. The number of carbonyl (C=O) groups excluding carboxylic acids is 1. The van der Waals surface area contributed by atoms with Crippen molar-refractivity contribution in [2.75, 3.05) is 13.7 Å². The number of benzene rings is 2. The number of carboxylic acids is 1. The topological polar surface area (TPSA) is 105 Å². The zero-order valence-corrected chi connectivity index (χ0v) is 14.4. The monoisotopic (exact) mass is 359 g/mol. The van der Waals surface area contributed by atoms with Gasteiger partial charge < -0.3 is 25.0 Å². The molecule has 7 nitrogen and oxygen atoms in total. The third kappa shape index (κ3) is 5.70. The van der Waals surface area contributed by atoms with Gasteiger partial charge in [-0.3, -0.25) is 9.59 Å². The third-order valence-electron chi connectivity index (χ3n) is 3.63. The first-order valence-electron chi connectivity index (χ1n) is 8.08. The molecule has 2 rings (SSSR count). The molecule has 7 heteroatoms. The minimum Gasteiger partial charge on any atom is -0.507 e. The second-order valence-corrected chi connectivity index (χ2v) is 5.56. The van der Waals surface area contributed by atoms with Gasteiger partial charge in [-0.2, -0.15) is 0 Å². The summed E-state index contributed by atoms with van der Waals surface area (Å²) in [5.41, 5.74) is 1.00. The molecule has 0 aliphatic heterocycles. The molecule has 0 unspecified atom stereocenters. The number of carboxylic acid groups (broad SMARTS) is 1. The fraction of sp³-hybridized carbons (Fsp3) is 0.263. The molecular weight excluding hydrogens is 338 g/mol. The van der Waals surface area contributed by atoms with Crippen LogP contribution in [0.2, 0.25) is 0 Å². The molecule has 0 radical (unpaired) electrons. The Morgan fingerprint density at radius 3 is 2.42 bits per heavy atom. The highest BCUT2D eigenvalue weighted by atomic mass is 16.5. The van der Waals surface area contributed by atoms with Crippen molar-refractivity contribution in [2.45, 2.75) is 19.4 Å². The number of phenolic OH excluding ortho intramolecular Hbond substituents is 1. The van der Waals surface area contributed by atoms with Crippen molar-refractivity contribution >= 4 is 11.9 Å². The maximum Gasteiger partial charge on any atom is 0.303 e. The Bertz CT molecular complexity index is 757. The van der Waals surface area contributed by atoms with Crippen LogP contribution in [0.25, 0.3) is 0 Å². The third-order valence-corrected chi connectivity index (χ3v) is 3.63. The number of rotatable bonds is 9. The molecule has 0 spiro atoms. The van der Waals surface area contributed by atoms with Crippen LogP contribution in [0.1, 0.15) is 28.8 Å². The van der Waals surface area contributed by atoms with Crippen LogP contribution < -0.4 is 14.8 Å². The molecule has 0 aliphatic rings. The van der Waals surface area contributed by atoms with Crippen molar-refractivity contribution in [2.24, 2.45) is 0 Å². The summed E-state index contributed by atoms with van der Waals surface area (Å²) < 4.78 is 10.5. The van der Waals surface area contributed by atoms with Crippen molar-refractivity contribution < 1.29 is 29.3 Å². The van der Waals surface area contributed by atoms with E-state index in [0.29, 0.717) is 24.5 Å². The van der Waals surface area contributed by atoms with Gasteiger partial charge in [-0.25, -0.2) is 0 Å². The maximum atomic E-state index is 12.2. The normalized spacial score (nSPS) is 10.2. The molecule has 0 saturated carbocycles. The Labute approximate surface area is 151 Å². The quantitative estimate of drug-likeness (QED) is 0.594. The number of amides is 1. The van der Waals surface area contributed by atoms with E-state index in [2.05, 4.69) is 5.32 Å². The van der Waals surface area contributed by atoms with Crippen molar-refractivity contribution in [3.63, 3.8) is 0 Å². The number of aliphatic carboxylic acids is 1. The average Bonchev–Trinajstić information content (AvgIpc) is 2.64. The number of ether oxygens (including phenoxy) is 2. The summed E-state index contributed by atoms with van der Waals surface area (Å²) in [4.78, 5) is 22.6. The van der Waals surface area contributed by atoms with Gasteiger partial charge in [-0.1, -0.05) is 12.1 Å². The highest BCUT2D eigenvalue weighted by molar-refractivity contribution is 5.97. The second-order valence-electron chi connectivity index (χ2n) is 5.56. The van der Waals surface area contributed by atoms with Gasteiger partial charge in [-0.05, 0) is 42.3 Å². The van der Waals surface area contributed by atoms with Crippen molar-refractivity contribution in [1.82, 2.24) is 5.32 Å². The van der Waals surface area contributed by atoms with E-state index in [4.69, 9.17) is 14.6 Å². The van der Waals surface area contributed by atoms with Gasteiger partial charge in [0.1, 0.15) is 17.2 Å². The first-order chi connectivity index (χ1) is 12.5. The van der Waals surface area contributed by atoms with Gasteiger partial charge in [0.05, 0.1) is 19.3 Å². The number of hydrogen-bond donors (Lipinski definition) is 3. The van der Waals surface area contributed by atoms with Crippen molar-refractivity contribution in [3.05, 3.63) is 53.6 Å². The summed E-state index contributed by atoms with van der Waals surface area (Å²) >= 11 is 0. The Balaban J connectivity index is 1.85. The highest BCUT2D eigenvalue weighted by Gasteiger charge is 2.12. The molecule has 138 valence electrons. The predicted molar refractivity (Wildman–Crippen MR) is 94.6 cm³/mol. The fourth-order valence-corrected chi connectivity index (χ4v) is 2.22. The van der Waals surface area contributed by atoms with E-state index in [1.165, 1.54) is 19.2 Å². The summed E-state index contributed by atoms with van der Waals surface area (Å²) in [5, 5.41) is 21.1. The van der Waals surface area contributed by atoms with Gasteiger partial charge in [0.2, 0.25) is 0 Å². The van der Waals surface area contributed by atoms with E-state index in [1.54, 1.807) is 30.3 Å². The lowest BCUT2D eigenvalue weighted by atomic mass is 10.1. The van der Waals surface area contributed by atoms with Gasteiger partial charge in [-0.15, -0.1) is 0 Å². The number of carbonyl (C=O) groups is 2. The molecule has 3 N–H and O–H groups in total. The zero-order chi connectivity index (χ0) is 18.9. The van der Waals surface area contributed by atoms with Crippen LogP contribution in [0.15, 0.2) is 42.5 Å². The minimum atomic E-state index is -0.846. The number of nitrogens with one attached hydrogen (secondary N) is 1. The summed E-state index contributed by atoms with van der Waals surface area (Å²) in [6.07, 6.45) is 0.512. The molecule has 0 heterocycles. The van der Waals surface area contributed by atoms with Crippen LogP contribution in [0.4, 0.5) is 0 Å². The SMILES string of the molecule is COc1ccc(O)c(C(=O)NCc2ccc(OCCCC(=O)O)cc2)c1. The van der Waals surface area contributed by atoms with Crippen LogP contribution in [-0.2, 0) is 11.3 Å². The Kier molecular flexibility index (Phi) is 6.84. The molecule has 0 fully saturated rings. The molecule has 0 saturated heterocycles. The molecule has 26 heavy (non-hydrogen) atoms. The highest BCUT2D eigenvalue weighted by Crippen LogP contribution is 2.22. The second kappa shape index (κ2) is 9.31. The number of hydrogen-bond acceptors (Lipinski definition) is 5. The number of methoxy groups -OCH3 is 1. The fourth-order valence-electron chi connectivity index (χ4n) is 2.22. The predicted octanol–water partition coefficient (Wildman–Crippen LogP) is 2.57. The van der Waals surface area contributed by atoms with Crippen molar-refractivity contribution in [1.29, 1.82) is 0 Å². The van der Waals surface area contributed by atoms with E-state index in [9.17, 15) is 14.7 Å². The minimum absolute atomic E-state index is 0.0707. The van der Waals surface area contributed by atoms with Gasteiger partial charge in [0, 0.05) is 13.0 Å². The van der Waals surface area contributed by atoms with E-state index in [-0.39, 0.29) is 24.3 Å². The Hall–Kier alpha value is -3.22. The molecule has 0 atom stereocenters. The van der Waals surface area contributed by atoms with Gasteiger partial charge >= 0.3 is 5.97 Å². The summed E-state index contributed by atoms with van der Waals surface area (Å²) in [6, 6.07) is 11.6. The molecule has 1 amide bonds. The molecule has 0 aromatic heterocycles. The van der Waals surface area contributed by atoms with Crippen LogP contribution in [0.5, 0.6) is 17.2 Å². The van der Waals surface area contributed by atoms with E-state index >= 15 is 0 Å². The Morgan fingerprint density at radius 1 is 1.08 bits per heavy atom. The lowest BCUT2D eigenvalue weighted by Gasteiger charge is -2.09. The molecule has 2 aromatic rings. The summed E-state index contributed by atoms with van der Waals surface area (Å²) in [5.74, 6) is -0.251. The van der Waals surface area contributed by atoms with Gasteiger partial charge in [0.15, 0.2) is 0 Å². The lowest BCUT2D eigenvalue weighted by Crippen LogP contribution is -2.22. The summed E-state index contributed by atoms with van der Waals surface area (Å²) in [7, 11) is 1.49. The molecule has 0 bridgehead atoms. The van der Waals surface area contributed by atoms with Crippen LogP contribution >= 0.6 is 0 Å². The van der Waals surface area contributed by atoms with Crippen LogP contribution in [0.3, 0.4) is 0 Å². The molecular formula is C19H21NO6. The largest absolute Gasteiger partial charge is 0.507 e. The molecule has 0 aliphatic carbocycles. The van der Waals surface area contributed by atoms with Crippen molar-refractivity contribution in [3.8, 4) is 17.2 Å². The smallest absolute Gasteiger partial charge is 0.303 e. The number of aromatic hydroxyl groups is 1. The van der Waals surface area contributed by atoms with E-state index < -0.39 is 11.9 Å². The maximum absolute atomic E-state index is 12.2.